The fourth-order valence-electron chi connectivity index (χ4n) is 3.67. The van der Waals surface area contributed by atoms with Crippen molar-refractivity contribution in [1.82, 2.24) is 15.4 Å². The number of aromatic nitrogens is 1. The predicted octanol–water partition coefficient (Wildman–Crippen LogP) is 3.98. The molecule has 3 rings (SSSR count). The Hall–Kier alpha value is -2.35. The quantitative estimate of drug-likeness (QED) is 0.638. The van der Waals surface area contributed by atoms with E-state index in [1.165, 1.54) is 12.1 Å². The summed E-state index contributed by atoms with van der Waals surface area (Å²) in [6.07, 6.45) is 4.43. The number of carbonyl (C=O) groups excluding carboxylic acids is 2. The van der Waals surface area contributed by atoms with E-state index in [4.69, 9.17) is 4.52 Å². The Morgan fingerprint density at radius 2 is 2.10 bits per heavy atom. The van der Waals surface area contributed by atoms with Crippen molar-refractivity contribution in [2.45, 2.75) is 45.2 Å². The Labute approximate surface area is 180 Å². The zero-order valence-corrected chi connectivity index (χ0v) is 18.4. The molecule has 0 spiro atoms. The van der Waals surface area contributed by atoms with Crippen molar-refractivity contribution < 1.29 is 18.5 Å². The van der Waals surface area contributed by atoms with Crippen LogP contribution in [0.15, 0.2) is 34.9 Å². The van der Waals surface area contributed by atoms with Crippen molar-refractivity contribution >= 4 is 23.6 Å². The van der Waals surface area contributed by atoms with Gasteiger partial charge in [-0.3, -0.25) is 9.59 Å². The van der Waals surface area contributed by atoms with Gasteiger partial charge in [-0.25, -0.2) is 4.39 Å². The molecule has 0 unspecified atom stereocenters. The van der Waals surface area contributed by atoms with Gasteiger partial charge in [-0.05, 0) is 61.5 Å². The average molecular weight is 434 g/mol. The summed E-state index contributed by atoms with van der Waals surface area (Å²) in [5.74, 6) is 0.882. The van der Waals surface area contributed by atoms with E-state index in [-0.39, 0.29) is 35.3 Å². The highest BCUT2D eigenvalue weighted by Crippen LogP contribution is 2.24. The summed E-state index contributed by atoms with van der Waals surface area (Å²) in [5, 5.41) is 7.02. The second kappa shape index (κ2) is 10.1. The van der Waals surface area contributed by atoms with Crippen molar-refractivity contribution in [2.75, 3.05) is 18.6 Å². The highest BCUT2D eigenvalue weighted by atomic mass is 32.2. The zero-order valence-electron chi connectivity index (χ0n) is 17.6. The van der Waals surface area contributed by atoms with Gasteiger partial charge in [0.2, 0.25) is 5.91 Å². The minimum atomic E-state index is -0.528. The number of piperazine rings is 1. The Balaban J connectivity index is 1.80. The number of thioether (sulfide) groups is 1. The molecule has 162 valence electrons. The van der Waals surface area contributed by atoms with Gasteiger partial charge >= 0.3 is 0 Å². The summed E-state index contributed by atoms with van der Waals surface area (Å²) < 4.78 is 18.5. The Morgan fingerprint density at radius 1 is 1.37 bits per heavy atom. The summed E-state index contributed by atoms with van der Waals surface area (Å²) in [5.41, 5.74) is 0.786. The highest BCUT2D eigenvalue weighted by molar-refractivity contribution is 7.98. The summed E-state index contributed by atoms with van der Waals surface area (Å²) in [6, 6.07) is 6.75. The molecule has 0 radical (unpaired) electrons. The van der Waals surface area contributed by atoms with Crippen LogP contribution in [-0.2, 0) is 4.79 Å². The number of benzene rings is 1. The summed E-state index contributed by atoms with van der Waals surface area (Å²) in [7, 11) is 0. The lowest BCUT2D eigenvalue weighted by molar-refractivity contribution is -0.130. The maximum atomic E-state index is 13.3. The van der Waals surface area contributed by atoms with Crippen LogP contribution in [0.25, 0.3) is 11.3 Å². The van der Waals surface area contributed by atoms with Crippen molar-refractivity contribution in [3.63, 3.8) is 0 Å². The van der Waals surface area contributed by atoms with E-state index in [0.717, 1.165) is 18.6 Å². The fourth-order valence-corrected chi connectivity index (χ4v) is 4.12. The van der Waals surface area contributed by atoms with E-state index < -0.39 is 6.04 Å². The molecule has 2 aromatic rings. The molecule has 2 heterocycles. The molecule has 8 heteroatoms. The van der Waals surface area contributed by atoms with Crippen molar-refractivity contribution in [3.8, 4) is 11.3 Å². The molecule has 1 fully saturated rings. The smallest absolute Gasteiger partial charge is 0.276 e. The Kier molecular flexibility index (Phi) is 7.53. The minimum Gasteiger partial charge on any atom is -0.355 e. The van der Waals surface area contributed by atoms with Crippen LogP contribution < -0.4 is 5.32 Å². The molecule has 30 heavy (non-hydrogen) atoms. The van der Waals surface area contributed by atoms with Crippen LogP contribution in [0.5, 0.6) is 0 Å². The summed E-state index contributed by atoms with van der Waals surface area (Å²) in [4.78, 5) is 27.7. The van der Waals surface area contributed by atoms with E-state index in [1.807, 2.05) is 13.8 Å². The first-order valence-electron chi connectivity index (χ1n) is 10.2. The van der Waals surface area contributed by atoms with Gasteiger partial charge in [-0.2, -0.15) is 11.8 Å². The third kappa shape index (κ3) is 5.41. The molecule has 2 amide bonds. The van der Waals surface area contributed by atoms with Crippen molar-refractivity contribution in [1.29, 1.82) is 0 Å². The normalized spacial score (nSPS) is 19.2. The van der Waals surface area contributed by atoms with Crippen LogP contribution in [0.2, 0.25) is 0 Å². The van der Waals surface area contributed by atoms with E-state index in [2.05, 4.69) is 16.7 Å². The van der Waals surface area contributed by atoms with Gasteiger partial charge in [0.1, 0.15) is 11.9 Å². The van der Waals surface area contributed by atoms with E-state index in [9.17, 15) is 14.0 Å². The number of carbonyl (C=O) groups is 2. The Morgan fingerprint density at radius 3 is 2.77 bits per heavy atom. The molecule has 1 N–H and O–H groups in total. The van der Waals surface area contributed by atoms with Gasteiger partial charge in [-0.15, -0.1) is 0 Å². The maximum Gasteiger partial charge on any atom is 0.276 e. The van der Waals surface area contributed by atoms with Crippen LogP contribution in [0, 0.1) is 11.7 Å². The van der Waals surface area contributed by atoms with Gasteiger partial charge in [0, 0.05) is 24.2 Å². The minimum absolute atomic E-state index is 0.0690. The van der Waals surface area contributed by atoms with Gasteiger partial charge in [-0.1, -0.05) is 19.0 Å². The first kappa shape index (κ1) is 22.3. The van der Waals surface area contributed by atoms with Crippen LogP contribution in [0.1, 0.15) is 43.6 Å². The number of hydrogen-bond acceptors (Lipinski definition) is 5. The molecule has 1 aliphatic heterocycles. The third-order valence-corrected chi connectivity index (χ3v) is 5.85. The van der Waals surface area contributed by atoms with Crippen molar-refractivity contribution in [2.24, 2.45) is 5.92 Å². The molecule has 1 aliphatic rings. The number of nitrogens with one attached hydrogen (secondary N) is 1. The van der Waals surface area contributed by atoms with Crippen LogP contribution in [0.3, 0.4) is 0 Å². The number of rotatable bonds is 8. The topological polar surface area (TPSA) is 75.4 Å². The largest absolute Gasteiger partial charge is 0.355 e. The SMILES string of the molecule is CSCCC[C@H]1CN(C(=O)c2cc(-c3ccc(F)cc3)on2)[C@@H](CC(C)C)C(=O)N1. The maximum absolute atomic E-state index is 13.3. The molecule has 6 nitrogen and oxygen atoms in total. The average Bonchev–Trinajstić information content (AvgIpc) is 3.20. The lowest BCUT2D eigenvalue weighted by atomic mass is 9.96. The molecule has 1 aromatic carbocycles. The first-order chi connectivity index (χ1) is 14.4. The second-order valence-corrected chi connectivity index (χ2v) is 9.01. The number of nitrogens with zero attached hydrogens (tertiary/aromatic N) is 2. The van der Waals surface area contributed by atoms with Crippen LogP contribution in [-0.4, -0.2) is 52.5 Å². The molecule has 2 atom stereocenters. The predicted molar refractivity (Wildman–Crippen MR) is 116 cm³/mol. The van der Waals surface area contributed by atoms with E-state index in [1.54, 1.807) is 34.9 Å². The molecule has 0 aliphatic carbocycles. The van der Waals surface area contributed by atoms with Gasteiger partial charge in [0.15, 0.2) is 11.5 Å². The Bertz CT molecular complexity index is 869. The van der Waals surface area contributed by atoms with E-state index in [0.29, 0.717) is 24.3 Å². The zero-order chi connectivity index (χ0) is 21.7. The third-order valence-electron chi connectivity index (χ3n) is 5.16. The monoisotopic (exact) mass is 433 g/mol. The van der Waals surface area contributed by atoms with E-state index >= 15 is 0 Å². The number of amides is 2. The van der Waals surface area contributed by atoms with Gasteiger partial charge in [0.05, 0.1) is 0 Å². The summed E-state index contributed by atoms with van der Waals surface area (Å²) in [6.45, 7) is 4.52. The van der Waals surface area contributed by atoms with Gasteiger partial charge in [0.25, 0.3) is 5.91 Å². The number of halogens is 1. The number of hydrogen-bond donors (Lipinski definition) is 1. The molecule has 0 bridgehead atoms. The lowest BCUT2D eigenvalue weighted by Crippen LogP contribution is -2.61. The lowest BCUT2D eigenvalue weighted by Gasteiger charge is -2.39. The first-order valence-corrected chi connectivity index (χ1v) is 11.6. The molecule has 1 saturated heterocycles. The molecule has 0 saturated carbocycles. The highest BCUT2D eigenvalue weighted by Gasteiger charge is 2.38. The van der Waals surface area contributed by atoms with Crippen LogP contribution in [0.4, 0.5) is 4.39 Å². The van der Waals surface area contributed by atoms with Crippen LogP contribution >= 0.6 is 11.8 Å². The van der Waals surface area contributed by atoms with Gasteiger partial charge < -0.3 is 14.7 Å². The molecular formula is C22H28FN3O3S. The molecule has 1 aromatic heterocycles. The second-order valence-electron chi connectivity index (χ2n) is 8.03. The fraction of sp³-hybridized carbons (Fsp3) is 0.500. The summed E-state index contributed by atoms with van der Waals surface area (Å²) >= 11 is 1.77. The van der Waals surface area contributed by atoms with Crippen molar-refractivity contribution in [3.05, 3.63) is 41.8 Å². The molecular weight excluding hydrogens is 405 g/mol. The standard InChI is InChI=1S/C22H28FN3O3S/c1-14(2)11-19-21(27)24-17(5-4-10-30-3)13-26(19)22(28)18-12-20(29-25-18)15-6-8-16(23)9-7-15/h6-9,12,14,17,19H,4-5,10-11,13H2,1-3H3,(H,24,27)/t17-,19-/m0/s1.